The second-order valence-corrected chi connectivity index (χ2v) is 7.38. The van der Waals surface area contributed by atoms with Crippen LogP contribution in [-0.4, -0.2) is 40.3 Å². The van der Waals surface area contributed by atoms with Crippen LogP contribution in [0.2, 0.25) is 0 Å². The van der Waals surface area contributed by atoms with E-state index < -0.39 is 23.7 Å². The molecule has 2 fully saturated rings. The number of hydrogen-bond acceptors (Lipinski definition) is 3. The van der Waals surface area contributed by atoms with Crippen molar-refractivity contribution in [2.45, 2.75) is 70.9 Å². The Hall–Kier alpha value is -1.26. The van der Waals surface area contributed by atoms with E-state index in [1.807, 2.05) is 0 Å². The smallest absolute Gasteiger partial charge is 0.411 e. The van der Waals surface area contributed by atoms with Gasteiger partial charge in [-0.3, -0.25) is 4.90 Å². The minimum absolute atomic E-state index is 0.305. The average Bonchev–Trinajstić information content (AvgIpc) is 2.83. The van der Waals surface area contributed by atoms with Gasteiger partial charge in [0, 0.05) is 6.54 Å². The van der Waals surface area contributed by atoms with E-state index in [0.29, 0.717) is 24.8 Å². The van der Waals surface area contributed by atoms with Crippen LogP contribution in [0.4, 0.5) is 4.79 Å². The molecule has 1 saturated heterocycles. The van der Waals surface area contributed by atoms with Crippen LogP contribution in [0, 0.1) is 11.8 Å². The van der Waals surface area contributed by atoms with Gasteiger partial charge in [-0.05, 0) is 39.0 Å². The fourth-order valence-electron chi connectivity index (χ4n) is 3.57. The van der Waals surface area contributed by atoms with E-state index in [1.54, 1.807) is 20.8 Å². The highest BCUT2D eigenvalue weighted by atomic mass is 16.6. The fourth-order valence-corrected chi connectivity index (χ4v) is 3.57. The highest BCUT2D eigenvalue weighted by Crippen LogP contribution is 2.38. The van der Waals surface area contributed by atoms with Crippen LogP contribution in [0.25, 0.3) is 0 Å². The molecule has 2 rings (SSSR count). The molecule has 0 bridgehead atoms. The van der Waals surface area contributed by atoms with E-state index in [1.165, 1.54) is 37.0 Å². The monoisotopic (exact) mass is 297 g/mol. The summed E-state index contributed by atoms with van der Waals surface area (Å²) in [5.41, 5.74) is -0.594. The molecule has 0 unspecified atom stereocenters. The number of amides is 1. The molecule has 2 aliphatic rings. The Morgan fingerprint density at radius 2 is 1.71 bits per heavy atom. The summed E-state index contributed by atoms with van der Waals surface area (Å²) in [7, 11) is 0. The summed E-state index contributed by atoms with van der Waals surface area (Å²) in [6, 6.07) is -0.730. The third-order valence-corrected chi connectivity index (χ3v) is 4.56. The zero-order valence-electron chi connectivity index (χ0n) is 13.3. The maximum Gasteiger partial charge on any atom is 0.411 e. The quantitative estimate of drug-likeness (QED) is 0.849. The Balaban J connectivity index is 2.04. The molecule has 1 N–H and O–H groups in total. The van der Waals surface area contributed by atoms with Crippen LogP contribution in [0.5, 0.6) is 0 Å². The minimum atomic E-state index is -0.917. The van der Waals surface area contributed by atoms with Gasteiger partial charge in [0.25, 0.3) is 0 Å². The molecule has 0 radical (unpaired) electrons. The van der Waals surface area contributed by atoms with Crippen molar-refractivity contribution in [1.82, 2.24) is 4.90 Å². The first-order valence-corrected chi connectivity index (χ1v) is 8.00. The molecular weight excluding hydrogens is 270 g/mol. The van der Waals surface area contributed by atoms with Crippen molar-refractivity contribution < 1.29 is 19.4 Å². The van der Waals surface area contributed by atoms with E-state index >= 15 is 0 Å². The zero-order valence-corrected chi connectivity index (χ0v) is 13.3. The first-order chi connectivity index (χ1) is 9.78. The highest BCUT2D eigenvalue weighted by Gasteiger charge is 2.43. The minimum Gasteiger partial charge on any atom is -0.480 e. The predicted octanol–water partition coefficient (Wildman–Crippen LogP) is 3.28. The van der Waals surface area contributed by atoms with E-state index in [9.17, 15) is 14.7 Å². The van der Waals surface area contributed by atoms with Crippen molar-refractivity contribution in [2.24, 2.45) is 11.8 Å². The van der Waals surface area contributed by atoms with E-state index in [4.69, 9.17) is 4.74 Å². The Morgan fingerprint density at radius 3 is 2.24 bits per heavy atom. The number of likely N-dealkylation sites (tertiary alicyclic amines) is 1. The standard InChI is InChI=1S/C16H27NO4/c1-16(2,3)21-15(20)17-10-12(9-13(17)14(18)19)11-7-5-4-6-8-11/h11-13H,4-10H2,1-3H3,(H,18,19)/t12-,13+/m1/s1. The lowest BCUT2D eigenvalue weighted by Crippen LogP contribution is -2.43. The van der Waals surface area contributed by atoms with Gasteiger partial charge in [0.05, 0.1) is 0 Å². The molecule has 1 heterocycles. The number of rotatable bonds is 2. The van der Waals surface area contributed by atoms with Gasteiger partial charge in [0.1, 0.15) is 11.6 Å². The average molecular weight is 297 g/mol. The van der Waals surface area contributed by atoms with Gasteiger partial charge in [-0.15, -0.1) is 0 Å². The van der Waals surface area contributed by atoms with Crippen molar-refractivity contribution in [1.29, 1.82) is 0 Å². The molecule has 0 aromatic carbocycles. The maximum atomic E-state index is 12.2. The number of carboxylic acid groups (broad SMARTS) is 1. The molecule has 2 atom stereocenters. The van der Waals surface area contributed by atoms with Gasteiger partial charge >= 0.3 is 12.1 Å². The third kappa shape index (κ3) is 4.11. The highest BCUT2D eigenvalue weighted by molar-refractivity contribution is 5.81. The topological polar surface area (TPSA) is 66.8 Å². The summed E-state index contributed by atoms with van der Waals surface area (Å²) in [6.45, 7) is 5.93. The van der Waals surface area contributed by atoms with Crippen LogP contribution in [0.15, 0.2) is 0 Å². The molecular formula is C16H27NO4. The fraction of sp³-hybridized carbons (Fsp3) is 0.875. The van der Waals surface area contributed by atoms with E-state index in [2.05, 4.69) is 0 Å². The van der Waals surface area contributed by atoms with Crippen molar-refractivity contribution in [2.75, 3.05) is 6.54 Å². The molecule has 5 heteroatoms. The molecule has 1 amide bonds. The lowest BCUT2D eigenvalue weighted by Gasteiger charge is -2.28. The van der Waals surface area contributed by atoms with Gasteiger partial charge in [-0.2, -0.15) is 0 Å². The van der Waals surface area contributed by atoms with Gasteiger partial charge in [0.2, 0.25) is 0 Å². The Labute approximate surface area is 126 Å². The predicted molar refractivity (Wildman–Crippen MR) is 79.0 cm³/mol. The normalized spacial score (nSPS) is 27.7. The SMILES string of the molecule is CC(C)(C)OC(=O)N1C[C@H](C2CCCCC2)C[C@H]1C(=O)O. The first kappa shape index (κ1) is 16.1. The molecule has 120 valence electrons. The Bertz CT molecular complexity index is 396. The van der Waals surface area contributed by atoms with Gasteiger partial charge < -0.3 is 9.84 Å². The number of nitrogens with zero attached hydrogens (tertiary/aromatic N) is 1. The lowest BCUT2D eigenvalue weighted by molar-refractivity contribution is -0.142. The van der Waals surface area contributed by atoms with Gasteiger partial charge in [-0.25, -0.2) is 9.59 Å². The maximum absolute atomic E-state index is 12.2. The number of ether oxygens (including phenoxy) is 1. The summed E-state index contributed by atoms with van der Waals surface area (Å²) in [4.78, 5) is 25.1. The molecule has 0 aromatic rings. The molecule has 1 saturated carbocycles. The number of carboxylic acids is 1. The number of hydrogen-bond donors (Lipinski definition) is 1. The summed E-state index contributed by atoms with van der Waals surface area (Å²) in [5.74, 6) is -0.0499. The van der Waals surface area contributed by atoms with E-state index in [-0.39, 0.29) is 0 Å². The van der Waals surface area contributed by atoms with Crippen molar-refractivity contribution in [3.05, 3.63) is 0 Å². The molecule has 1 aliphatic carbocycles. The second-order valence-electron chi connectivity index (χ2n) is 7.38. The summed E-state index contributed by atoms with van der Waals surface area (Å²) in [5, 5.41) is 9.40. The van der Waals surface area contributed by atoms with Crippen LogP contribution in [-0.2, 0) is 9.53 Å². The first-order valence-electron chi connectivity index (χ1n) is 8.00. The van der Waals surface area contributed by atoms with Gasteiger partial charge in [0.15, 0.2) is 0 Å². The van der Waals surface area contributed by atoms with Gasteiger partial charge in [-0.1, -0.05) is 32.1 Å². The molecule has 0 spiro atoms. The number of carbonyl (C=O) groups is 2. The summed E-state index contributed by atoms with van der Waals surface area (Å²) >= 11 is 0. The lowest BCUT2D eigenvalue weighted by atomic mass is 9.79. The van der Waals surface area contributed by atoms with Crippen LogP contribution < -0.4 is 0 Å². The van der Waals surface area contributed by atoms with Crippen molar-refractivity contribution >= 4 is 12.1 Å². The van der Waals surface area contributed by atoms with Crippen LogP contribution in [0.1, 0.15) is 59.3 Å². The van der Waals surface area contributed by atoms with E-state index in [0.717, 1.165) is 0 Å². The number of aliphatic carboxylic acids is 1. The molecule has 1 aliphatic heterocycles. The van der Waals surface area contributed by atoms with Crippen molar-refractivity contribution in [3.8, 4) is 0 Å². The molecule has 21 heavy (non-hydrogen) atoms. The molecule has 0 aromatic heterocycles. The molecule has 5 nitrogen and oxygen atoms in total. The Morgan fingerprint density at radius 1 is 1.10 bits per heavy atom. The zero-order chi connectivity index (χ0) is 15.6. The summed E-state index contributed by atoms with van der Waals surface area (Å²) < 4.78 is 5.36. The van der Waals surface area contributed by atoms with Crippen LogP contribution >= 0.6 is 0 Å². The van der Waals surface area contributed by atoms with Crippen LogP contribution in [0.3, 0.4) is 0 Å². The summed E-state index contributed by atoms with van der Waals surface area (Å²) in [6.07, 6.45) is 6.14. The number of carbonyl (C=O) groups excluding carboxylic acids is 1. The Kier molecular flexibility index (Phi) is 4.79. The van der Waals surface area contributed by atoms with Crippen molar-refractivity contribution in [3.63, 3.8) is 0 Å². The third-order valence-electron chi connectivity index (χ3n) is 4.56. The second kappa shape index (κ2) is 6.24. The largest absolute Gasteiger partial charge is 0.480 e.